The third-order valence-electron chi connectivity index (χ3n) is 1.91. The van der Waals surface area contributed by atoms with E-state index in [4.69, 9.17) is 0 Å². The molecule has 0 aromatic heterocycles. The number of nitro groups is 1. The maximum absolute atomic E-state index is 10.5. The lowest BCUT2D eigenvalue weighted by atomic mass is 10.2. The number of aliphatic hydroxyl groups is 1. The average molecular weight is 196 g/mol. The molecule has 0 aliphatic heterocycles. The number of benzene rings is 1. The number of para-hydroxylation sites is 1. The van der Waals surface area contributed by atoms with Crippen LogP contribution in [0.4, 0.5) is 5.69 Å². The number of rotatable bonds is 4. The van der Waals surface area contributed by atoms with Gasteiger partial charge in [0, 0.05) is 5.69 Å². The molecule has 0 aliphatic rings. The molecule has 1 aromatic rings. The Balaban J connectivity index is 2.81. The third-order valence-corrected chi connectivity index (χ3v) is 1.91. The van der Waals surface area contributed by atoms with Crippen LogP contribution in [0.2, 0.25) is 0 Å². The van der Waals surface area contributed by atoms with E-state index in [1.165, 1.54) is 0 Å². The Bertz CT molecular complexity index is 315. The topological polar surface area (TPSA) is 75.4 Å². The molecular weight excluding hydrogens is 184 g/mol. The van der Waals surface area contributed by atoms with E-state index < -0.39 is 10.8 Å². The lowest BCUT2D eigenvalue weighted by Crippen LogP contribution is -2.45. The Morgan fingerprint density at radius 2 is 2.07 bits per heavy atom. The Kier molecular flexibility index (Phi) is 3.03. The molecule has 1 unspecified atom stereocenters. The number of hydrogen-bond acceptors (Lipinski definition) is 4. The molecule has 0 saturated carbocycles. The van der Waals surface area contributed by atoms with Crippen LogP contribution >= 0.6 is 0 Å². The molecule has 1 aromatic carbocycles. The summed E-state index contributed by atoms with van der Waals surface area (Å²) < 4.78 is 0. The van der Waals surface area contributed by atoms with Gasteiger partial charge in [-0.3, -0.25) is 15.4 Å². The zero-order valence-electron chi connectivity index (χ0n) is 7.80. The molecule has 0 saturated heterocycles. The van der Waals surface area contributed by atoms with Crippen LogP contribution < -0.4 is 5.32 Å². The van der Waals surface area contributed by atoms with Crippen LogP contribution in [0.3, 0.4) is 0 Å². The van der Waals surface area contributed by atoms with Crippen LogP contribution in [0.15, 0.2) is 30.3 Å². The van der Waals surface area contributed by atoms with Crippen molar-refractivity contribution in [3.63, 3.8) is 0 Å². The molecule has 0 heterocycles. The highest BCUT2D eigenvalue weighted by Crippen LogP contribution is 2.16. The Hall–Kier alpha value is -1.62. The highest BCUT2D eigenvalue weighted by atomic mass is 16.7. The van der Waals surface area contributed by atoms with Gasteiger partial charge in [-0.05, 0) is 12.1 Å². The minimum Gasteiger partial charge on any atom is -0.313 e. The average Bonchev–Trinajstić information content (AvgIpc) is 2.19. The molecule has 0 amide bonds. The minimum atomic E-state index is -2.08. The summed E-state index contributed by atoms with van der Waals surface area (Å²) in [5.41, 5.74) is 0.522. The first-order valence-electron chi connectivity index (χ1n) is 4.28. The first-order chi connectivity index (χ1) is 6.58. The van der Waals surface area contributed by atoms with Crippen molar-refractivity contribution in [1.29, 1.82) is 0 Å². The first kappa shape index (κ1) is 10.5. The summed E-state index contributed by atoms with van der Waals surface area (Å²) in [6.07, 6.45) is -0.00507. The number of anilines is 1. The van der Waals surface area contributed by atoms with Crippen molar-refractivity contribution >= 4 is 5.69 Å². The highest BCUT2D eigenvalue weighted by Gasteiger charge is 2.37. The molecule has 0 aliphatic carbocycles. The first-order valence-corrected chi connectivity index (χ1v) is 4.28. The quantitative estimate of drug-likeness (QED) is 0.434. The molecule has 0 radical (unpaired) electrons. The number of hydrogen-bond donors (Lipinski definition) is 2. The molecule has 2 N–H and O–H groups in total. The third kappa shape index (κ3) is 2.20. The van der Waals surface area contributed by atoms with Crippen molar-refractivity contribution in [2.75, 3.05) is 5.32 Å². The summed E-state index contributed by atoms with van der Waals surface area (Å²) in [5.74, 6) is -2.08. The molecule has 1 rings (SSSR count). The van der Waals surface area contributed by atoms with Crippen molar-refractivity contribution in [3.05, 3.63) is 40.4 Å². The fourth-order valence-electron chi connectivity index (χ4n) is 1.02. The monoisotopic (exact) mass is 196 g/mol. The van der Waals surface area contributed by atoms with Gasteiger partial charge in [-0.2, -0.15) is 0 Å². The van der Waals surface area contributed by atoms with Gasteiger partial charge in [0.1, 0.15) is 0 Å². The van der Waals surface area contributed by atoms with E-state index in [2.05, 4.69) is 5.32 Å². The molecule has 0 fully saturated rings. The normalized spacial score (nSPS) is 14.4. The van der Waals surface area contributed by atoms with E-state index in [-0.39, 0.29) is 6.42 Å². The van der Waals surface area contributed by atoms with Crippen LogP contribution in [0, 0.1) is 10.1 Å². The number of nitrogens with one attached hydrogen (secondary N) is 1. The Morgan fingerprint density at radius 3 is 2.50 bits per heavy atom. The maximum Gasteiger partial charge on any atom is 0.404 e. The molecule has 0 spiro atoms. The zero-order valence-corrected chi connectivity index (χ0v) is 7.80. The summed E-state index contributed by atoms with van der Waals surface area (Å²) >= 11 is 0. The van der Waals surface area contributed by atoms with Crippen molar-refractivity contribution in [2.45, 2.75) is 19.2 Å². The van der Waals surface area contributed by atoms with Crippen molar-refractivity contribution in [3.8, 4) is 0 Å². The van der Waals surface area contributed by atoms with Gasteiger partial charge in [-0.1, -0.05) is 25.1 Å². The van der Waals surface area contributed by atoms with Gasteiger partial charge in [0.25, 0.3) is 0 Å². The molecule has 1 atom stereocenters. The lowest BCUT2D eigenvalue weighted by molar-refractivity contribution is -0.615. The summed E-state index contributed by atoms with van der Waals surface area (Å²) in [6, 6.07) is 8.58. The van der Waals surface area contributed by atoms with Crippen LogP contribution in [0.5, 0.6) is 0 Å². The van der Waals surface area contributed by atoms with Gasteiger partial charge in [-0.15, -0.1) is 0 Å². The van der Waals surface area contributed by atoms with E-state index in [0.717, 1.165) is 0 Å². The predicted octanol–water partition coefficient (Wildman–Crippen LogP) is 1.43. The Morgan fingerprint density at radius 1 is 1.50 bits per heavy atom. The molecule has 14 heavy (non-hydrogen) atoms. The summed E-state index contributed by atoms with van der Waals surface area (Å²) in [6.45, 7) is 1.54. The van der Waals surface area contributed by atoms with E-state index in [9.17, 15) is 15.2 Å². The fraction of sp³-hybridized carbons (Fsp3) is 0.333. The van der Waals surface area contributed by atoms with Crippen molar-refractivity contribution < 1.29 is 10.0 Å². The summed E-state index contributed by atoms with van der Waals surface area (Å²) in [5, 5.41) is 22.6. The van der Waals surface area contributed by atoms with Gasteiger partial charge in [0.05, 0.1) is 11.3 Å². The molecule has 5 heteroatoms. The SMILES string of the molecule is CCC(O)(Nc1ccccc1)[N+](=O)[O-]. The van der Waals surface area contributed by atoms with Crippen LogP contribution in [-0.4, -0.2) is 15.9 Å². The van der Waals surface area contributed by atoms with Gasteiger partial charge < -0.3 is 5.11 Å². The second-order valence-electron chi connectivity index (χ2n) is 2.92. The van der Waals surface area contributed by atoms with Gasteiger partial charge in [-0.25, -0.2) is 0 Å². The second kappa shape index (κ2) is 4.06. The lowest BCUT2D eigenvalue weighted by Gasteiger charge is -2.19. The maximum atomic E-state index is 10.5. The predicted molar refractivity (Wildman–Crippen MR) is 52.3 cm³/mol. The summed E-state index contributed by atoms with van der Waals surface area (Å²) in [7, 11) is 0. The molecule has 0 bridgehead atoms. The van der Waals surface area contributed by atoms with Crippen LogP contribution in [0.25, 0.3) is 0 Å². The minimum absolute atomic E-state index is 0.00507. The van der Waals surface area contributed by atoms with Crippen molar-refractivity contribution in [1.82, 2.24) is 0 Å². The fourth-order valence-corrected chi connectivity index (χ4v) is 1.02. The van der Waals surface area contributed by atoms with Crippen LogP contribution in [0.1, 0.15) is 13.3 Å². The zero-order chi connectivity index (χ0) is 10.6. The van der Waals surface area contributed by atoms with E-state index in [1.54, 1.807) is 37.3 Å². The Labute approximate surface area is 81.5 Å². The molecular formula is C9H12N2O3. The molecule has 5 nitrogen and oxygen atoms in total. The highest BCUT2D eigenvalue weighted by molar-refractivity contribution is 5.43. The summed E-state index contributed by atoms with van der Waals surface area (Å²) in [4.78, 5) is 9.81. The van der Waals surface area contributed by atoms with E-state index in [0.29, 0.717) is 5.69 Å². The van der Waals surface area contributed by atoms with E-state index >= 15 is 0 Å². The van der Waals surface area contributed by atoms with Gasteiger partial charge >= 0.3 is 5.85 Å². The van der Waals surface area contributed by atoms with Crippen molar-refractivity contribution in [2.24, 2.45) is 0 Å². The largest absolute Gasteiger partial charge is 0.404 e. The molecule has 76 valence electrons. The van der Waals surface area contributed by atoms with Crippen LogP contribution in [-0.2, 0) is 0 Å². The standard InChI is InChI=1S/C9H12N2O3/c1-2-9(12,11(13)14)10-8-6-4-3-5-7-8/h3-7,10,12H,2H2,1H3. The number of nitrogens with zero attached hydrogens (tertiary/aromatic N) is 1. The second-order valence-corrected chi connectivity index (χ2v) is 2.92. The van der Waals surface area contributed by atoms with E-state index in [1.807, 2.05) is 0 Å². The van der Waals surface area contributed by atoms with Gasteiger partial charge in [0.2, 0.25) is 0 Å². The van der Waals surface area contributed by atoms with Gasteiger partial charge in [0.15, 0.2) is 0 Å². The smallest absolute Gasteiger partial charge is 0.313 e.